The topological polar surface area (TPSA) is 120 Å². The van der Waals surface area contributed by atoms with Gasteiger partial charge < -0.3 is 4.98 Å². The number of H-pyrrole nitrogens is 1. The molecule has 0 saturated carbocycles. The first-order valence-electron chi connectivity index (χ1n) is 6.26. The van der Waals surface area contributed by atoms with E-state index in [1.165, 1.54) is 16.7 Å². The lowest BCUT2D eigenvalue weighted by molar-refractivity contribution is -0.383. The first kappa shape index (κ1) is 12.3. The molecule has 0 unspecified atom stereocenters. The first-order valence-corrected chi connectivity index (χ1v) is 6.26. The summed E-state index contributed by atoms with van der Waals surface area (Å²) < 4.78 is 6.00. The van der Waals surface area contributed by atoms with Crippen molar-refractivity contribution in [3.05, 3.63) is 57.0 Å². The number of nitro benzene ring substituents is 1. The van der Waals surface area contributed by atoms with Gasteiger partial charge >= 0.3 is 11.4 Å². The molecule has 0 fully saturated rings. The predicted molar refractivity (Wildman–Crippen MR) is 75.9 cm³/mol. The summed E-state index contributed by atoms with van der Waals surface area (Å²) in [4.78, 5) is 25.4. The number of benzene rings is 2. The van der Waals surface area contributed by atoms with Gasteiger partial charge in [-0.3, -0.25) is 14.7 Å². The third kappa shape index (κ3) is 1.56. The molecule has 0 spiro atoms. The summed E-state index contributed by atoms with van der Waals surface area (Å²) in [7, 11) is 0. The lowest BCUT2D eigenvalue weighted by Crippen LogP contribution is -2.15. The summed E-state index contributed by atoms with van der Waals surface area (Å²) in [5, 5.41) is 18.3. The van der Waals surface area contributed by atoms with Crippen molar-refractivity contribution < 1.29 is 9.55 Å². The van der Waals surface area contributed by atoms with Crippen LogP contribution in [0.15, 0.2) is 45.8 Å². The number of hydrogen-bond donors (Lipinski definition) is 1. The lowest BCUT2D eigenvalue weighted by Gasteiger charge is -2.03. The molecule has 9 heteroatoms. The first-order chi connectivity index (χ1) is 10.7. The Labute approximate surface area is 120 Å². The highest BCUT2D eigenvalue weighted by Gasteiger charge is 2.22. The Morgan fingerprint density at radius 2 is 1.91 bits per heavy atom. The number of para-hydroxylation sites is 2. The second-order valence-corrected chi connectivity index (χ2v) is 4.61. The van der Waals surface area contributed by atoms with Crippen LogP contribution in [0.1, 0.15) is 0 Å². The van der Waals surface area contributed by atoms with E-state index in [0.29, 0.717) is 16.7 Å². The molecule has 2 aromatic heterocycles. The Bertz CT molecular complexity index is 1090. The van der Waals surface area contributed by atoms with Gasteiger partial charge in [0, 0.05) is 6.07 Å². The van der Waals surface area contributed by atoms with E-state index >= 15 is 0 Å². The fourth-order valence-corrected chi connectivity index (χ4v) is 2.46. The molecule has 9 nitrogen and oxygen atoms in total. The minimum atomic E-state index is -0.575. The molecule has 1 N–H and O–H groups in total. The molecule has 0 aliphatic carbocycles. The van der Waals surface area contributed by atoms with Gasteiger partial charge in [-0.1, -0.05) is 12.1 Å². The van der Waals surface area contributed by atoms with E-state index in [9.17, 15) is 14.9 Å². The molecule has 4 aromatic rings. The van der Waals surface area contributed by atoms with Crippen LogP contribution in [0.25, 0.3) is 27.8 Å². The Balaban J connectivity index is 2.12. The van der Waals surface area contributed by atoms with Gasteiger partial charge in [0.25, 0.3) is 0 Å². The van der Waals surface area contributed by atoms with Crippen LogP contribution >= 0.6 is 0 Å². The predicted octanol–water partition coefficient (Wildman–Crippen LogP) is 1.76. The van der Waals surface area contributed by atoms with Crippen LogP contribution in [0.2, 0.25) is 0 Å². The number of imidazole rings is 1. The summed E-state index contributed by atoms with van der Waals surface area (Å²) in [5.74, 6) is 0. The summed E-state index contributed by atoms with van der Waals surface area (Å²) in [5.41, 5.74) is 1.19. The number of aromatic amines is 1. The molecular weight excluding hydrogens is 290 g/mol. The Morgan fingerprint density at radius 1 is 1.14 bits per heavy atom. The molecule has 0 atom stereocenters. The summed E-state index contributed by atoms with van der Waals surface area (Å²) in [6.45, 7) is 0. The number of nitro groups is 1. The van der Waals surface area contributed by atoms with Gasteiger partial charge in [-0.05, 0) is 28.5 Å². The Kier molecular flexibility index (Phi) is 2.37. The van der Waals surface area contributed by atoms with E-state index in [-0.39, 0.29) is 22.4 Å². The number of rotatable bonds is 2. The molecule has 0 aliphatic heterocycles. The van der Waals surface area contributed by atoms with Crippen molar-refractivity contribution in [2.45, 2.75) is 0 Å². The van der Waals surface area contributed by atoms with Crippen molar-refractivity contribution in [1.29, 1.82) is 0 Å². The zero-order valence-electron chi connectivity index (χ0n) is 10.9. The van der Waals surface area contributed by atoms with Crippen LogP contribution in [-0.4, -0.2) is 24.8 Å². The second-order valence-electron chi connectivity index (χ2n) is 4.61. The van der Waals surface area contributed by atoms with Gasteiger partial charge in [-0.2, -0.15) is 0 Å². The van der Waals surface area contributed by atoms with Gasteiger partial charge in [-0.15, -0.1) is 0 Å². The smallest absolute Gasteiger partial charge is 0.305 e. The van der Waals surface area contributed by atoms with E-state index in [1.807, 2.05) is 0 Å². The molecule has 0 bridgehead atoms. The van der Waals surface area contributed by atoms with Crippen molar-refractivity contribution in [3.63, 3.8) is 0 Å². The maximum Gasteiger partial charge on any atom is 0.331 e. The highest BCUT2D eigenvalue weighted by molar-refractivity contribution is 5.91. The van der Waals surface area contributed by atoms with Crippen LogP contribution in [0.4, 0.5) is 5.69 Å². The highest BCUT2D eigenvalue weighted by atomic mass is 16.6. The maximum atomic E-state index is 12.2. The van der Waals surface area contributed by atoms with Gasteiger partial charge in [0.15, 0.2) is 5.52 Å². The zero-order chi connectivity index (χ0) is 15.3. The SMILES string of the molecule is O=c1[nH]c2ccccc2n1-c1ccc([N+](=O)[O-])c2nonc12. The number of hydrogen-bond acceptors (Lipinski definition) is 6. The summed E-state index contributed by atoms with van der Waals surface area (Å²) in [6.07, 6.45) is 0. The Morgan fingerprint density at radius 3 is 2.73 bits per heavy atom. The van der Waals surface area contributed by atoms with E-state index in [0.717, 1.165) is 0 Å². The maximum absolute atomic E-state index is 12.2. The molecule has 0 radical (unpaired) electrons. The molecule has 108 valence electrons. The average molecular weight is 297 g/mol. The van der Waals surface area contributed by atoms with Crippen molar-refractivity contribution in [3.8, 4) is 5.69 Å². The van der Waals surface area contributed by atoms with E-state index in [1.54, 1.807) is 24.3 Å². The van der Waals surface area contributed by atoms with Gasteiger partial charge in [0.1, 0.15) is 0 Å². The fraction of sp³-hybridized carbons (Fsp3) is 0. The Hall–Kier alpha value is -3.49. The van der Waals surface area contributed by atoms with Gasteiger partial charge in [0.05, 0.1) is 21.6 Å². The molecular formula is C13H7N5O4. The number of non-ortho nitro benzene ring substituents is 1. The van der Waals surface area contributed by atoms with Crippen molar-refractivity contribution in [1.82, 2.24) is 19.9 Å². The third-order valence-electron chi connectivity index (χ3n) is 3.40. The summed E-state index contributed by atoms with van der Waals surface area (Å²) in [6, 6.07) is 9.83. The van der Waals surface area contributed by atoms with E-state index in [4.69, 9.17) is 0 Å². The van der Waals surface area contributed by atoms with Crippen molar-refractivity contribution in [2.75, 3.05) is 0 Å². The zero-order valence-corrected chi connectivity index (χ0v) is 10.9. The fourth-order valence-electron chi connectivity index (χ4n) is 2.46. The second kappa shape index (κ2) is 4.25. The quantitative estimate of drug-likeness (QED) is 0.444. The van der Waals surface area contributed by atoms with Gasteiger partial charge in [-0.25, -0.2) is 9.42 Å². The standard InChI is InChI=1S/C13H7N5O4/c19-13-14-7-3-1-2-4-8(7)17(13)9-5-6-10(18(20)21)12-11(9)15-22-16-12/h1-6H,(H,14,19). The van der Waals surface area contributed by atoms with Crippen LogP contribution in [0.5, 0.6) is 0 Å². The van der Waals surface area contributed by atoms with Crippen LogP contribution in [0.3, 0.4) is 0 Å². The van der Waals surface area contributed by atoms with Crippen LogP contribution < -0.4 is 5.69 Å². The van der Waals surface area contributed by atoms with Crippen molar-refractivity contribution in [2.24, 2.45) is 0 Å². The molecule has 2 aromatic carbocycles. The molecule has 0 amide bonds. The number of nitrogens with zero attached hydrogens (tertiary/aromatic N) is 4. The van der Waals surface area contributed by atoms with Crippen LogP contribution in [0, 0.1) is 10.1 Å². The lowest BCUT2D eigenvalue weighted by atomic mass is 10.2. The van der Waals surface area contributed by atoms with Crippen LogP contribution in [-0.2, 0) is 0 Å². The normalized spacial score (nSPS) is 11.3. The van der Waals surface area contributed by atoms with E-state index < -0.39 is 4.92 Å². The molecule has 22 heavy (non-hydrogen) atoms. The third-order valence-corrected chi connectivity index (χ3v) is 3.40. The van der Waals surface area contributed by atoms with Gasteiger partial charge in [0.2, 0.25) is 5.52 Å². The monoisotopic (exact) mass is 297 g/mol. The molecule has 0 saturated heterocycles. The number of aromatic nitrogens is 4. The molecule has 4 rings (SSSR count). The molecule has 0 aliphatic rings. The minimum absolute atomic E-state index is 0.000295. The number of nitrogens with one attached hydrogen (secondary N) is 1. The van der Waals surface area contributed by atoms with Crippen molar-refractivity contribution >= 4 is 27.8 Å². The minimum Gasteiger partial charge on any atom is -0.305 e. The largest absolute Gasteiger partial charge is 0.331 e. The van der Waals surface area contributed by atoms with E-state index in [2.05, 4.69) is 19.9 Å². The molecule has 2 heterocycles. The summed E-state index contributed by atoms with van der Waals surface area (Å²) >= 11 is 0. The number of fused-ring (bicyclic) bond motifs is 2. The highest BCUT2D eigenvalue weighted by Crippen LogP contribution is 2.28. The average Bonchev–Trinajstić information content (AvgIpc) is 3.09.